The number of hydrogen-bond donors (Lipinski definition) is 0. The Morgan fingerprint density at radius 2 is 2.00 bits per heavy atom. The fourth-order valence-corrected chi connectivity index (χ4v) is 3.15. The molecule has 1 aliphatic heterocycles. The number of alkyl halides is 6. The Labute approximate surface area is 167 Å². The zero-order valence-corrected chi connectivity index (χ0v) is 16.1. The van der Waals surface area contributed by atoms with Crippen LogP contribution in [0.2, 0.25) is 0 Å². The summed E-state index contributed by atoms with van der Waals surface area (Å²) in [4.78, 5) is 3.99. The molecule has 0 N–H and O–H groups in total. The predicted octanol–water partition coefficient (Wildman–Crippen LogP) is 4.92. The van der Waals surface area contributed by atoms with Crippen molar-refractivity contribution in [2.24, 2.45) is 12.0 Å². The van der Waals surface area contributed by atoms with Gasteiger partial charge in [-0.05, 0) is 28.1 Å². The highest BCUT2D eigenvalue weighted by molar-refractivity contribution is 9.10. The first kappa shape index (κ1) is 21.5. The van der Waals surface area contributed by atoms with Crippen LogP contribution in [0.5, 0.6) is 11.5 Å². The van der Waals surface area contributed by atoms with Crippen LogP contribution in [0, 0.1) is 5.82 Å². The van der Waals surface area contributed by atoms with E-state index in [1.54, 1.807) is 0 Å². The van der Waals surface area contributed by atoms with Crippen LogP contribution in [0.1, 0.15) is 17.2 Å². The summed E-state index contributed by atoms with van der Waals surface area (Å²) in [5.41, 5.74) is -1.75. The molecule has 3 rings (SSSR count). The van der Waals surface area contributed by atoms with Crippen LogP contribution in [0.15, 0.2) is 33.9 Å². The summed E-state index contributed by atoms with van der Waals surface area (Å²) in [5, 5.41) is 0. The van der Waals surface area contributed by atoms with Gasteiger partial charge in [-0.25, -0.2) is 8.78 Å². The molecule has 0 saturated carbocycles. The number of ether oxygens (including phenoxy) is 2. The second kappa shape index (κ2) is 7.88. The molecule has 0 bridgehead atoms. The number of rotatable bonds is 3. The first-order valence-corrected chi connectivity index (χ1v) is 8.79. The van der Waals surface area contributed by atoms with E-state index < -0.39 is 54.2 Å². The molecule has 2 heterocycles. The van der Waals surface area contributed by atoms with E-state index in [0.29, 0.717) is 12.3 Å². The van der Waals surface area contributed by atoms with Gasteiger partial charge >= 0.3 is 12.8 Å². The van der Waals surface area contributed by atoms with E-state index >= 15 is 0 Å². The van der Waals surface area contributed by atoms with Crippen molar-refractivity contribution < 1.29 is 40.2 Å². The highest BCUT2D eigenvalue weighted by Crippen LogP contribution is 2.40. The van der Waals surface area contributed by atoms with Crippen molar-refractivity contribution in [3.8, 4) is 11.5 Å². The fraction of sp³-hybridized carbons (Fsp3) is 0.353. The molecule has 0 radical (unpaired) electrons. The molecule has 1 aromatic heterocycles. The smallest absolute Gasteiger partial charge is 0.417 e. The van der Waals surface area contributed by atoms with E-state index in [0.717, 1.165) is 11.6 Å². The highest BCUT2D eigenvalue weighted by Gasteiger charge is 2.35. The van der Waals surface area contributed by atoms with Crippen LogP contribution < -0.4 is 15.0 Å². The Hall–Kier alpha value is -2.24. The molecule has 158 valence electrons. The molecule has 0 spiro atoms. The zero-order chi connectivity index (χ0) is 21.5. The number of aromatic nitrogens is 1. The Bertz CT molecular complexity index is 991. The Balaban J connectivity index is 2.21. The molecule has 2 atom stereocenters. The minimum absolute atomic E-state index is 0.0210. The quantitative estimate of drug-likeness (QED) is 0.575. The molecule has 12 heteroatoms. The van der Waals surface area contributed by atoms with E-state index in [2.05, 4.69) is 25.7 Å². The van der Waals surface area contributed by atoms with Crippen molar-refractivity contribution in [2.45, 2.75) is 25.0 Å². The van der Waals surface area contributed by atoms with Gasteiger partial charge in [0.25, 0.3) is 0 Å². The van der Waals surface area contributed by atoms with Crippen molar-refractivity contribution in [3.63, 3.8) is 0 Å². The predicted molar refractivity (Wildman–Crippen MR) is 89.8 cm³/mol. The number of hydrogen-bond acceptors (Lipinski definition) is 3. The summed E-state index contributed by atoms with van der Waals surface area (Å²) in [7, 11) is 1.11. The summed E-state index contributed by atoms with van der Waals surface area (Å²) >= 11 is 2.96. The molecule has 2 unspecified atom stereocenters. The van der Waals surface area contributed by atoms with Crippen LogP contribution in [-0.2, 0) is 13.2 Å². The van der Waals surface area contributed by atoms with Crippen molar-refractivity contribution in [1.82, 2.24) is 4.57 Å². The third kappa shape index (κ3) is 4.36. The molecule has 1 aliphatic rings. The first-order valence-electron chi connectivity index (χ1n) is 8.00. The number of pyridine rings is 1. The van der Waals surface area contributed by atoms with E-state index in [1.165, 1.54) is 12.1 Å². The van der Waals surface area contributed by atoms with Gasteiger partial charge in [0, 0.05) is 18.8 Å². The standard InChI is InChI=1S/C17H12BrF7N2O2/c1-27-5-7(17(23,24)25)4-11(29-16(21)22)15(27)26-13-8-2-3-9(18)12(20)14(8)28-6-10(13)19/h2-5,10,13,16H,6H2,1H3/b26-15-. The summed E-state index contributed by atoms with van der Waals surface area (Å²) < 4.78 is 103. The molecule has 1 aromatic carbocycles. The molecule has 4 nitrogen and oxygen atoms in total. The third-order valence-corrected chi connectivity index (χ3v) is 4.72. The van der Waals surface area contributed by atoms with Crippen LogP contribution in [-0.4, -0.2) is 24.0 Å². The maximum atomic E-state index is 14.5. The van der Waals surface area contributed by atoms with Gasteiger partial charge in [0.15, 0.2) is 29.0 Å². The van der Waals surface area contributed by atoms with Gasteiger partial charge in [-0.15, -0.1) is 0 Å². The van der Waals surface area contributed by atoms with Crippen molar-refractivity contribution in [1.29, 1.82) is 0 Å². The maximum absolute atomic E-state index is 14.5. The SMILES string of the molecule is Cn1cc(C(F)(F)F)cc(OC(F)F)/c1=N/C1c2ccc(Br)c(F)c2OCC1F. The summed E-state index contributed by atoms with van der Waals surface area (Å²) in [6, 6.07) is 1.53. The molecular weight excluding hydrogens is 477 g/mol. The van der Waals surface area contributed by atoms with E-state index in [9.17, 15) is 30.7 Å². The minimum Gasteiger partial charge on any atom is -0.487 e. The summed E-state index contributed by atoms with van der Waals surface area (Å²) in [6.07, 6.45) is -6.03. The van der Waals surface area contributed by atoms with E-state index in [-0.39, 0.29) is 15.8 Å². The molecule has 2 aromatic rings. The van der Waals surface area contributed by atoms with Crippen LogP contribution >= 0.6 is 15.9 Å². The molecule has 0 saturated heterocycles. The first-order chi connectivity index (χ1) is 13.5. The van der Waals surface area contributed by atoms with E-state index in [1.807, 2.05) is 0 Å². The molecular formula is C17H12BrF7N2O2. The van der Waals surface area contributed by atoms with Crippen molar-refractivity contribution in [2.75, 3.05) is 6.61 Å². The van der Waals surface area contributed by atoms with Gasteiger partial charge in [-0.1, -0.05) is 6.07 Å². The van der Waals surface area contributed by atoms with Gasteiger partial charge in [-0.3, -0.25) is 4.99 Å². The topological polar surface area (TPSA) is 35.8 Å². The zero-order valence-electron chi connectivity index (χ0n) is 14.5. The average molecular weight is 489 g/mol. The Morgan fingerprint density at radius 3 is 2.62 bits per heavy atom. The monoisotopic (exact) mass is 488 g/mol. The third-order valence-electron chi connectivity index (χ3n) is 4.11. The van der Waals surface area contributed by atoms with Crippen molar-refractivity contribution >= 4 is 15.9 Å². The minimum atomic E-state index is -4.83. The Kier molecular flexibility index (Phi) is 5.84. The lowest BCUT2D eigenvalue weighted by atomic mass is 9.99. The van der Waals surface area contributed by atoms with Gasteiger partial charge in [-0.2, -0.15) is 22.0 Å². The lowest BCUT2D eigenvalue weighted by Gasteiger charge is -2.27. The number of nitrogens with zero attached hydrogens (tertiary/aromatic N) is 2. The summed E-state index contributed by atoms with van der Waals surface area (Å²) in [6.45, 7) is -4.02. The van der Waals surface area contributed by atoms with Gasteiger partial charge in [0.1, 0.15) is 12.6 Å². The van der Waals surface area contributed by atoms with Gasteiger partial charge in [0.05, 0.1) is 10.0 Å². The van der Waals surface area contributed by atoms with Gasteiger partial charge < -0.3 is 14.0 Å². The fourth-order valence-electron chi connectivity index (χ4n) is 2.84. The van der Waals surface area contributed by atoms with Crippen molar-refractivity contribution in [3.05, 3.63) is 51.3 Å². The van der Waals surface area contributed by atoms with E-state index in [4.69, 9.17) is 4.74 Å². The lowest BCUT2D eigenvalue weighted by molar-refractivity contribution is -0.138. The van der Waals surface area contributed by atoms with Gasteiger partial charge in [0.2, 0.25) is 0 Å². The van der Waals surface area contributed by atoms with Crippen LogP contribution in [0.25, 0.3) is 0 Å². The number of fused-ring (bicyclic) bond motifs is 1. The van der Waals surface area contributed by atoms with Crippen LogP contribution in [0.3, 0.4) is 0 Å². The average Bonchev–Trinajstić information content (AvgIpc) is 2.61. The normalized spacial score (nSPS) is 19.9. The molecule has 0 amide bonds. The Morgan fingerprint density at radius 1 is 1.31 bits per heavy atom. The largest absolute Gasteiger partial charge is 0.487 e. The molecule has 0 aliphatic carbocycles. The molecule has 29 heavy (non-hydrogen) atoms. The highest BCUT2D eigenvalue weighted by atomic mass is 79.9. The summed E-state index contributed by atoms with van der Waals surface area (Å²) in [5.74, 6) is -1.99. The number of benzene rings is 1. The van der Waals surface area contributed by atoms with Crippen LogP contribution in [0.4, 0.5) is 30.7 Å². The maximum Gasteiger partial charge on any atom is 0.417 e. The number of aryl methyl sites for hydroxylation is 1. The second-order valence-electron chi connectivity index (χ2n) is 6.08. The second-order valence-corrected chi connectivity index (χ2v) is 6.94. The molecule has 0 fully saturated rings. The number of halogens is 8. The lowest BCUT2D eigenvalue weighted by Crippen LogP contribution is -2.31.